The van der Waals surface area contributed by atoms with E-state index in [0.29, 0.717) is 12.2 Å². The summed E-state index contributed by atoms with van der Waals surface area (Å²) in [5.41, 5.74) is 4.95. The zero-order valence-electron chi connectivity index (χ0n) is 18.2. The molecule has 0 bridgehead atoms. The van der Waals surface area contributed by atoms with Crippen LogP contribution in [0, 0.1) is 6.92 Å². The Kier molecular flexibility index (Phi) is 5.91. The van der Waals surface area contributed by atoms with Crippen LogP contribution in [0.5, 0.6) is 5.75 Å². The van der Waals surface area contributed by atoms with Gasteiger partial charge in [-0.15, -0.1) is 0 Å². The highest BCUT2D eigenvalue weighted by atomic mass is 16.5. The second-order valence-corrected chi connectivity index (χ2v) is 7.84. The molecule has 0 unspecified atom stereocenters. The summed E-state index contributed by atoms with van der Waals surface area (Å²) >= 11 is 0. The second-order valence-electron chi connectivity index (χ2n) is 7.84. The van der Waals surface area contributed by atoms with E-state index in [0.717, 1.165) is 33.1 Å². The Labute approximate surface area is 181 Å². The van der Waals surface area contributed by atoms with Gasteiger partial charge in [-0.1, -0.05) is 35.9 Å². The van der Waals surface area contributed by atoms with E-state index >= 15 is 0 Å². The molecule has 4 aromatic rings. The van der Waals surface area contributed by atoms with Crippen LogP contribution < -0.4 is 4.74 Å². The van der Waals surface area contributed by atoms with E-state index < -0.39 is 5.97 Å². The van der Waals surface area contributed by atoms with Crippen LogP contribution in [0.15, 0.2) is 48.7 Å². The van der Waals surface area contributed by atoms with Crippen molar-refractivity contribution < 1.29 is 19.0 Å². The van der Waals surface area contributed by atoms with Crippen molar-refractivity contribution in [2.75, 3.05) is 7.11 Å². The first-order valence-electron chi connectivity index (χ1n) is 10.3. The summed E-state index contributed by atoms with van der Waals surface area (Å²) in [6, 6.07) is 14.1. The third-order valence-electron chi connectivity index (χ3n) is 5.03. The van der Waals surface area contributed by atoms with E-state index in [2.05, 4.69) is 29.0 Å². The molecule has 0 fully saturated rings. The van der Waals surface area contributed by atoms with E-state index in [4.69, 9.17) is 14.2 Å². The summed E-state index contributed by atoms with van der Waals surface area (Å²) in [6.45, 7) is 6.36. The molecular formula is C25H26N2O4. The van der Waals surface area contributed by atoms with Gasteiger partial charge >= 0.3 is 5.97 Å². The van der Waals surface area contributed by atoms with Crippen LogP contribution >= 0.6 is 0 Å². The monoisotopic (exact) mass is 418 g/mol. The number of pyridine rings is 1. The number of aryl methyl sites for hydroxylation is 1. The van der Waals surface area contributed by atoms with Gasteiger partial charge in [0.1, 0.15) is 12.4 Å². The fraction of sp³-hybridized carbons (Fsp3) is 0.280. The average Bonchev–Trinajstić information content (AvgIpc) is 3.11. The molecule has 0 spiro atoms. The molecule has 6 nitrogen and oxygen atoms in total. The Bertz CT molecular complexity index is 1240. The highest BCUT2D eigenvalue weighted by Crippen LogP contribution is 2.36. The molecule has 2 heterocycles. The van der Waals surface area contributed by atoms with Crippen molar-refractivity contribution in [1.82, 2.24) is 9.97 Å². The lowest BCUT2D eigenvalue weighted by molar-refractivity contribution is 0.0366. The number of hydrogen-bond acceptors (Lipinski definition) is 5. The van der Waals surface area contributed by atoms with E-state index in [1.165, 1.54) is 5.56 Å². The van der Waals surface area contributed by atoms with Crippen molar-refractivity contribution in [2.24, 2.45) is 0 Å². The number of carbonyl (C=O) groups excluding carboxylic acids is 1. The molecule has 4 rings (SSSR count). The number of H-pyrrole nitrogens is 1. The summed E-state index contributed by atoms with van der Waals surface area (Å²) in [5, 5.41) is 1.76. The number of benzene rings is 2. The van der Waals surface area contributed by atoms with Crippen molar-refractivity contribution in [3.05, 3.63) is 71.0 Å². The van der Waals surface area contributed by atoms with Gasteiger partial charge in [0.2, 0.25) is 0 Å². The topological polar surface area (TPSA) is 73.4 Å². The minimum atomic E-state index is -0.462. The first-order chi connectivity index (χ1) is 15.0. The number of fused-ring (bicyclic) bond motifs is 3. The summed E-state index contributed by atoms with van der Waals surface area (Å²) in [6.07, 6.45) is 1.42. The molecule has 2 aromatic carbocycles. The highest BCUT2D eigenvalue weighted by molar-refractivity contribution is 6.13. The summed E-state index contributed by atoms with van der Waals surface area (Å²) in [7, 11) is 1.60. The summed E-state index contributed by atoms with van der Waals surface area (Å²) in [5.74, 6) is 0.272. The number of rotatable bonds is 7. The molecule has 0 amide bonds. The molecule has 160 valence electrons. The Hall–Kier alpha value is -3.38. The number of ether oxygens (including phenoxy) is 3. The largest absolute Gasteiger partial charge is 0.488 e. The molecule has 6 heteroatoms. The standard InChI is InChI=1S/C25H26N2O4/c1-15(2)31-25(28)24-18(14-29-4)22-20(12-26-24)27-19-9-6-10-21(23(19)22)30-13-17-8-5-7-16(3)11-17/h5-12,15,27H,13-14H2,1-4H3. The summed E-state index contributed by atoms with van der Waals surface area (Å²) < 4.78 is 17.1. The number of methoxy groups -OCH3 is 1. The molecule has 0 saturated heterocycles. The van der Waals surface area contributed by atoms with Crippen molar-refractivity contribution in [3.8, 4) is 5.75 Å². The SMILES string of the molecule is COCc1c(C(=O)OC(C)C)ncc2[nH]c3cccc(OCc4cccc(C)c4)c3c12. The van der Waals surface area contributed by atoms with Gasteiger partial charge in [-0.3, -0.25) is 0 Å². The predicted octanol–water partition coefficient (Wildman–Crippen LogP) is 5.32. The number of esters is 1. The third-order valence-corrected chi connectivity index (χ3v) is 5.03. The van der Waals surface area contributed by atoms with Gasteiger partial charge in [0.05, 0.1) is 29.9 Å². The van der Waals surface area contributed by atoms with Crippen LogP contribution in [0.25, 0.3) is 21.8 Å². The third kappa shape index (κ3) is 4.25. The fourth-order valence-electron chi connectivity index (χ4n) is 3.79. The molecule has 0 aliphatic heterocycles. The van der Waals surface area contributed by atoms with Gasteiger partial charge in [-0.25, -0.2) is 9.78 Å². The van der Waals surface area contributed by atoms with Crippen LogP contribution in [-0.2, 0) is 22.7 Å². The molecule has 0 saturated carbocycles. The predicted molar refractivity (Wildman–Crippen MR) is 120 cm³/mol. The summed E-state index contributed by atoms with van der Waals surface area (Å²) in [4.78, 5) is 20.5. The van der Waals surface area contributed by atoms with E-state index in [1.54, 1.807) is 13.3 Å². The van der Waals surface area contributed by atoms with Gasteiger partial charge in [0, 0.05) is 23.4 Å². The number of aromatic nitrogens is 2. The first kappa shape index (κ1) is 20.9. The van der Waals surface area contributed by atoms with Crippen LogP contribution in [-0.4, -0.2) is 29.2 Å². The lowest BCUT2D eigenvalue weighted by atomic mass is 10.0. The van der Waals surface area contributed by atoms with Crippen molar-refractivity contribution in [3.63, 3.8) is 0 Å². The molecular weight excluding hydrogens is 392 g/mol. The molecule has 2 aromatic heterocycles. The molecule has 1 N–H and O–H groups in total. The zero-order valence-corrected chi connectivity index (χ0v) is 18.2. The van der Waals surface area contributed by atoms with Gasteiger partial charge in [0.15, 0.2) is 5.69 Å². The Morgan fingerprint density at radius 1 is 1.06 bits per heavy atom. The Morgan fingerprint density at radius 2 is 1.87 bits per heavy atom. The van der Waals surface area contributed by atoms with E-state index in [-0.39, 0.29) is 18.4 Å². The van der Waals surface area contributed by atoms with E-state index in [1.807, 2.05) is 44.2 Å². The minimum Gasteiger partial charge on any atom is -0.488 e. The average molecular weight is 418 g/mol. The second kappa shape index (κ2) is 8.78. The molecule has 0 aliphatic carbocycles. The van der Waals surface area contributed by atoms with E-state index in [9.17, 15) is 4.79 Å². The van der Waals surface area contributed by atoms with Crippen LogP contribution in [0.1, 0.15) is 41.0 Å². The maximum Gasteiger partial charge on any atom is 0.357 e. The number of hydrogen-bond donors (Lipinski definition) is 1. The number of nitrogens with one attached hydrogen (secondary N) is 1. The van der Waals surface area contributed by atoms with Crippen LogP contribution in [0.3, 0.4) is 0 Å². The zero-order chi connectivity index (χ0) is 22.0. The lowest BCUT2D eigenvalue weighted by Gasteiger charge is -2.13. The fourth-order valence-corrected chi connectivity index (χ4v) is 3.79. The molecule has 0 aliphatic rings. The minimum absolute atomic E-state index is 0.228. The van der Waals surface area contributed by atoms with Gasteiger partial charge in [-0.2, -0.15) is 0 Å². The normalized spacial score (nSPS) is 11.4. The number of carbonyl (C=O) groups is 1. The van der Waals surface area contributed by atoms with Crippen molar-refractivity contribution in [1.29, 1.82) is 0 Å². The molecule has 31 heavy (non-hydrogen) atoms. The first-order valence-corrected chi connectivity index (χ1v) is 10.3. The quantitative estimate of drug-likeness (QED) is 0.412. The van der Waals surface area contributed by atoms with Crippen LogP contribution in [0.2, 0.25) is 0 Å². The Balaban J connectivity index is 1.84. The maximum atomic E-state index is 12.7. The molecule has 0 radical (unpaired) electrons. The Morgan fingerprint density at radius 3 is 2.61 bits per heavy atom. The number of nitrogens with zero attached hydrogens (tertiary/aromatic N) is 1. The highest BCUT2D eigenvalue weighted by Gasteiger charge is 2.22. The lowest BCUT2D eigenvalue weighted by Crippen LogP contribution is -2.15. The van der Waals surface area contributed by atoms with Crippen molar-refractivity contribution in [2.45, 2.75) is 40.1 Å². The molecule has 0 atom stereocenters. The smallest absolute Gasteiger partial charge is 0.357 e. The van der Waals surface area contributed by atoms with Gasteiger partial charge in [0.25, 0.3) is 0 Å². The van der Waals surface area contributed by atoms with Crippen LogP contribution in [0.4, 0.5) is 0 Å². The maximum absolute atomic E-state index is 12.7. The van der Waals surface area contributed by atoms with Gasteiger partial charge < -0.3 is 19.2 Å². The van der Waals surface area contributed by atoms with Gasteiger partial charge in [-0.05, 0) is 38.5 Å². The van der Waals surface area contributed by atoms with Crippen molar-refractivity contribution >= 4 is 27.8 Å². The number of aromatic amines is 1.